The number of halogens is 1. The average Bonchev–Trinajstić information content (AvgIpc) is 2.97. The van der Waals surface area contributed by atoms with Gasteiger partial charge in [-0.15, -0.1) is 11.3 Å². The second kappa shape index (κ2) is 6.66. The summed E-state index contributed by atoms with van der Waals surface area (Å²) in [4.78, 5) is 21.5. The Labute approximate surface area is 137 Å². The molecule has 23 heavy (non-hydrogen) atoms. The molecule has 6 heteroatoms. The van der Waals surface area contributed by atoms with E-state index in [1.165, 1.54) is 17.4 Å². The quantitative estimate of drug-likeness (QED) is 0.797. The molecule has 1 amide bonds. The van der Waals surface area contributed by atoms with Crippen molar-refractivity contribution in [1.82, 2.24) is 15.3 Å². The van der Waals surface area contributed by atoms with E-state index in [9.17, 15) is 9.18 Å². The van der Waals surface area contributed by atoms with Crippen LogP contribution in [0.2, 0.25) is 0 Å². The molecule has 1 N–H and O–H groups in total. The van der Waals surface area contributed by atoms with Crippen molar-refractivity contribution in [1.29, 1.82) is 0 Å². The second-order valence-corrected chi connectivity index (χ2v) is 5.92. The molecule has 0 spiro atoms. The van der Waals surface area contributed by atoms with Crippen molar-refractivity contribution in [3.05, 3.63) is 70.6 Å². The number of carbonyl (C=O) groups excluding carboxylic acids is 1. The molecule has 0 bridgehead atoms. The molecule has 2 aromatic heterocycles. The minimum absolute atomic E-state index is 0.141. The summed E-state index contributed by atoms with van der Waals surface area (Å²) in [5.74, 6) is -0.589. The summed E-state index contributed by atoms with van der Waals surface area (Å²) in [6, 6.07) is 11.9. The molecule has 116 valence electrons. The average molecular weight is 327 g/mol. The first kappa shape index (κ1) is 15.3. The Morgan fingerprint density at radius 2 is 2.00 bits per heavy atom. The summed E-state index contributed by atoms with van der Waals surface area (Å²) in [5, 5.41) is 3.43. The molecule has 0 unspecified atom stereocenters. The van der Waals surface area contributed by atoms with Crippen molar-refractivity contribution >= 4 is 17.2 Å². The van der Waals surface area contributed by atoms with Crippen molar-refractivity contribution < 1.29 is 9.18 Å². The van der Waals surface area contributed by atoms with Gasteiger partial charge in [0.15, 0.2) is 0 Å². The van der Waals surface area contributed by atoms with E-state index in [0.29, 0.717) is 21.1 Å². The largest absolute Gasteiger partial charge is 0.347 e. The highest BCUT2D eigenvalue weighted by atomic mass is 32.1. The zero-order chi connectivity index (χ0) is 16.2. The molecule has 0 aliphatic carbocycles. The fourth-order valence-electron chi connectivity index (χ4n) is 2.10. The Hall–Kier alpha value is -2.60. The highest BCUT2D eigenvalue weighted by Crippen LogP contribution is 2.26. The van der Waals surface area contributed by atoms with Gasteiger partial charge in [0.2, 0.25) is 0 Å². The van der Waals surface area contributed by atoms with Gasteiger partial charge >= 0.3 is 0 Å². The highest BCUT2D eigenvalue weighted by Gasteiger charge is 2.16. The Kier molecular flexibility index (Phi) is 4.43. The minimum Gasteiger partial charge on any atom is -0.347 e. The number of hydrogen-bond acceptors (Lipinski definition) is 4. The molecule has 0 saturated carbocycles. The van der Waals surface area contributed by atoms with E-state index in [1.807, 2.05) is 18.2 Å². The third-order valence-electron chi connectivity index (χ3n) is 3.28. The van der Waals surface area contributed by atoms with E-state index in [4.69, 9.17) is 0 Å². The number of aromatic nitrogens is 2. The molecule has 0 saturated heterocycles. The van der Waals surface area contributed by atoms with E-state index >= 15 is 0 Å². The Morgan fingerprint density at radius 1 is 1.22 bits per heavy atom. The summed E-state index contributed by atoms with van der Waals surface area (Å²) in [5.41, 5.74) is 1.82. The molecule has 0 atom stereocenters. The fourth-order valence-corrected chi connectivity index (χ4v) is 3.06. The van der Waals surface area contributed by atoms with Gasteiger partial charge in [-0.25, -0.2) is 9.37 Å². The van der Waals surface area contributed by atoms with E-state index in [-0.39, 0.29) is 18.3 Å². The highest BCUT2D eigenvalue weighted by molar-refractivity contribution is 7.17. The predicted molar refractivity (Wildman–Crippen MR) is 87.7 cm³/mol. The molecule has 1 aromatic carbocycles. The standard InChI is InChI=1S/C17H14FN3OS/c1-11-15(23-17(21-11)14-8-4-5-9-19-14)16(22)20-10-12-6-2-3-7-13(12)18/h2-9H,10H2,1H3,(H,20,22). The number of carbonyl (C=O) groups is 1. The van der Waals surface area contributed by atoms with Gasteiger partial charge in [0, 0.05) is 18.3 Å². The lowest BCUT2D eigenvalue weighted by Crippen LogP contribution is -2.23. The van der Waals surface area contributed by atoms with E-state index < -0.39 is 0 Å². The molecular weight excluding hydrogens is 313 g/mol. The number of rotatable bonds is 4. The van der Waals surface area contributed by atoms with Crippen molar-refractivity contribution in [2.45, 2.75) is 13.5 Å². The topological polar surface area (TPSA) is 54.9 Å². The lowest BCUT2D eigenvalue weighted by molar-refractivity contribution is 0.0954. The number of nitrogens with zero attached hydrogens (tertiary/aromatic N) is 2. The lowest BCUT2D eigenvalue weighted by Gasteiger charge is -2.05. The van der Waals surface area contributed by atoms with Crippen LogP contribution >= 0.6 is 11.3 Å². The van der Waals surface area contributed by atoms with Crippen LogP contribution < -0.4 is 5.32 Å². The van der Waals surface area contributed by atoms with Crippen LogP contribution in [-0.4, -0.2) is 15.9 Å². The molecule has 2 heterocycles. The normalized spacial score (nSPS) is 10.5. The molecule has 0 fully saturated rings. The van der Waals surface area contributed by atoms with Gasteiger partial charge in [0.25, 0.3) is 5.91 Å². The van der Waals surface area contributed by atoms with Gasteiger partial charge in [-0.3, -0.25) is 9.78 Å². The summed E-state index contributed by atoms with van der Waals surface area (Å²) < 4.78 is 13.6. The van der Waals surface area contributed by atoms with Crippen molar-refractivity contribution in [3.63, 3.8) is 0 Å². The predicted octanol–water partition coefficient (Wildman–Crippen LogP) is 3.58. The fraction of sp³-hybridized carbons (Fsp3) is 0.118. The van der Waals surface area contributed by atoms with Gasteiger partial charge in [-0.2, -0.15) is 0 Å². The van der Waals surface area contributed by atoms with Crippen LogP contribution in [0.5, 0.6) is 0 Å². The van der Waals surface area contributed by atoms with Gasteiger partial charge < -0.3 is 5.32 Å². The zero-order valence-electron chi connectivity index (χ0n) is 12.4. The van der Waals surface area contributed by atoms with E-state index in [1.54, 1.807) is 31.3 Å². The van der Waals surface area contributed by atoms with Crippen molar-refractivity contribution in [2.75, 3.05) is 0 Å². The minimum atomic E-state index is -0.331. The number of hydrogen-bond donors (Lipinski definition) is 1. The van der Waals surface area contributed by atoms with Crippen LogP contribution in [0.25, 0.3) is 10.7 Å². The van der Waals surface area contributed by atoms with Crippen LogP contribution in [0.4, 0.5) is 4.39 Å². The molecular formula is C17H14FN3OS. The van der Waals surface area contributed by atoms with Crippen LogP contribution in [0, 0.1) is 12.7 Å². The number of aryl methyl sites for hydroxylation is 1. The summed E-state index contributed by atoms with van der Waals surface area (Å²) in [6.07, 6.45) is 1.68. The smallest absolute Gasteiger partial charge is 0.263 e. The van der Waals surface area contributed by atoms with Gasteiger partial charge in [-0.05, 0) is 25.1 Å². The Bertz CT molecular complexity index is 833. The maximum atomic E-state index is 13.6. The maximum Gasteiger partial charge on any atom is 0.263 e. The zero-order valence-corrected chi connectivity index (χ0v) is 13.2. The van der Waals surface area contributed by atoms with Gasteiger partial charge in [-0.1, -0.05) is 24.3 Å². The maximum absolute atomic E-state index is 13.6. The van der Waals surface area contributed by atoms with Crippen LogP contribution in [0.3, 0.4) is 0 Å². The first-order valence-corrected chi connectivity index (χ1v) is 7.87. The van der Waals surface area contributed by atoms with Crippen molar-refractivity contribution in [3.8, 4) is 10.7 Å². The monoisotopic (exact) mass is 327 g/mol. The first-order chi connectivity index (χ1) is 11.1. The molecule has 4 nitrogen and oxygen atoms in total. The van der Waals surface area contributed by atoms with Crippen LogP contribution in [0.15, 0.2) is 48.7 Å². The third kappa shape index (κ3) is 3.43. The molecule has 3 aromatic rings. The van der Waals surface area contributed by atoms with Crippen LogP contribution in [-0.2, 0) is 6.54 Å². The Morgan fingerprint density at radius 3 is 2.74 bits per heavy atom. The van der Waals surface area contributed by atoms with Crippen molar-refractivity contribution in [2.24, 2.45) is 0 Å². The molecule has 0 aliphatic heterocycles. The first-order valence-electron chi connectivity index (χ1n) is 7.05. The number of thiazole rings is 1. The third-order valence-corrected chi connectivity index (χ3v) is 4.46. The lowest BCUT2D eigenvalue weighted by atomic mass is 10.2. The van der Waals surface area contributed by atoms with E-state index in [0.717, 1.165) is 5.69 Å². The number of amides is 1. The Balaban J connectivity index is 1.75. The van der Waals surface area contributed by atoms with Gasteiger partial charge in [0.1, 0.15) is 15.7 Å². The molecule has 0 radical (unpaired) electrons. The summed E-state index contributed by atoms with van der Waals surface area (Å²) in [7, 11) is 0. The number of pyridine rings is 1. The summed E-state index contributed by atoms with van der Waals surface area (Å²) in [6.45, 7) is 1.92. The van der Waals surface area contributed by atoms with Gasteiger partial charge in [0.05, 0.1) is 11.4 Å². The summed E-state index contributed by atoms with van der Waals surface area (Å²) >= 11 is 1.28. The van der Waals surface area contributed by atoms with Crippen LogP contribution in [0.1, 0.15) is 20.9 Å². The number of benzene rings is 1. The molecule has 3 rings (SSSR count). The SMILES string of the molecule is Cc1nc(-c2ccccn2)sc1C(=O)NCc1ccccc1F. The van der Waals surface area contributed by atoms with E-state index in [2.05, 4.69) is 15.3 Å². The number of nitrogens with one attached hydrogen (secondary N) is 1. The second-order valence-electron chi connectivity index (χ2n) is 4.92. The molecule has 0 aliphatic rings.